The van der Waals surface area contributed by atoms with E-state index in [1.165, 1.54) is 11.1 Å². The summed E-state index contributed by atoms with van der Waals surface area (Å²) in [5.41, 5.74) is 1.95. The lowest BCUT2D eigenvalue weighted by Gasteiger charge is -2.55. The summed E-state index contributed by atoms with van der Waals surface area (Å²) >= 11 is 0. The van der Waals surface area contributed by atoms with Crippen LogP contribution in [0.15, 0.2) is 24.3 Å². The molecule has 3 rings (SSSR count). The Morgan fingerprint density at radius 2 is 1.67 bits per heavy atom. The van der Waals surface area contributed by atoms with Crippen molar-refractivity contribution in [3.63, 3.8) is 0 Å². The summed E-state index contributed by atoms with van der Waals surface area (Å²) < 4.78 is 5.62. The Balaban J connectivity index is 1.56. The van der Waals surface area contributed by atoms with Gasteiger partial charge >= 0.3 is 0 Å². The minimum atomic E-state index is -0.503. The van der Waals surface area contributed by atoms with Gasteiger partial charge in [-0.05, 0) is 62.0 Å². The van der Waals surface area contributed by atoms with Crippen molar-refractivity contribution in [2.24, 2.45) is 5.92 Å². The van der Waals surface area contributed by atoms with Crippen LogP contribution >= 0.6 is 0 Å². The molecule has 1 saturated heterocycles. The summed E-state index contributed by atoms with van der Waals surface area (Å²) in [5, 5.41) is 2.94. The van der Waals surface area contributed by atoms with Crippen LogP contribution in [0.4, 0.5) is 0 Å². The van der Waals surface area contributed by atoms with E-state index in [0.717, 1.165) is 32.3 Å². The van der Waals surface area contributed by atoms with Gasteiger partial charge in [-0.15, -0.1) is 0 Å². The Hall–Kier alpha value is -1.88. The summed E-state index contributed by atoms with van der Waals surface area (Å²) in [5.74, 6) is 0.717. The van der Waals surface area contributed by atoms with E-state index in [2.05, 4.69) is 50.4 Å². The molecule has 5 nitrogen and oxygen atoms in total. The zero-order chi connectivity index (χ0) is 22.2. The fourth-order valence-electron chi connectivity index (χ4n) is 4.99. The molecule has 1 aliphatic heterocycles. The third-order valence-electron chi connectivity index (χ3n) is 7.59. The van der Waals surface area contributed by atoms with Crippen LogP contribution in [-0.4, -0.2) is 48.6 Å². The normalized spacial score (nSPS) is 25.5. The van der Waals surface area contributed by atoms with Gasteiger partial charge in [-0.2, -0.15) is 0 Å². The van der Waals surface area contributed by atoms with E-state index in [-0.39, 0.29) is 17.2 Å². The summed E-state index contributed by atoms with van der Waals surface area (Å²) in [4.78, 5) is 26.2. The summed E-state index contributed by atoms with van der Waals surface area (Å²) in [6.07, 6.45) is 4.03. The Kier molecular flexibility index (Phi) is 6.33. The highest BCUT2D eigenvalue weighted by atomic mass is 16.5. The van der Waals surface area contributed by atoms with E-state index >= 15 is 0 Å². The number of hydrogen-bond donors (Lipinski definition) is 1. The van der Waals surface area contributed by atoms with Crippen LogP contribution in [0.3, 0.4) is 0 Å². The molecule has 0 unspecified atom stereocenters. The van der Waals surface area contributed by atoms with Crippen molar-refractivity contribution in [2.45, 2.75) is 82.8 Å². The number of amides is 2. The van der Waals surface area contributed by atoms with E-state index in [1.807, 2.05) is 18.7 Å². The van der Waals surface area contributed by atoms with Gasteiger partial charge in [0, 0.05) is 26.1 Å². The number of nitrogens with zero attached hydrogens (tertiary/aromatic N) is 1. The molecule has 2 aliphatic rings. The fraction of sp³-hybridized carbons (Fsp3) is 0.680. The smallest absolute Gasteiger partial charge is 0.225 e. The summed E-state index contributed by atoms with van der Waals surface area (Å²) in [6, 6.07) is 9.03. The number of rotatable bonds is 6. The van der Waals surface area contributed by atoms with Crippen molar-refractivity contribution in [3.05, 3.63) is 35.4 Å². The molecular formula is C25H38N2O3. The average molecular weight is 415 g/mol. The van der Waals surface area contributed by atoms with E-state index in [1.54, 1.807) is 7.11 Å². The second-order valence-electron chi connectivity index (χ2n) is 10.6. The van der Waals surface area contributed by atoms with Crippen LogP contribution in [-0.2, 0) is 19.7 Å². The lowest BCUT2D eigenvalue weighted by molar-refractivity contribution is -0.156. The van der Waals surface area contributed by atoms with Gasteiger partial charge in [-0.25, -0.2) is 0 Å². The van der Waals surface area contributed by atoms with Crippen molar-refractivity contribution >= 4 is 12.3 Å². The zero-order valence-corrected chi connectivity index (χ0v) is 19.5. The Morgan fingerprint density at radius 1 is 1.10 bits per heavy atom. The van der Waals surface area contributed by atoms with Crippen LogP contribution in [0.25, 0.3) is 0 Å². The van der Waals surface area contributed by atoms with Crippen molar-refractivity contribution in [1.29, 1.82) is 0 Å². The van der Waals surface area contributed by atoms with Gasteiger partial charge in [0.25, 0.3) is 0 Å². The fourth-order valence-corrected chi connectivity index (χ4v) is 4.99. The molecule has 166 valence electrons. The van der Waals surface area contributed by atoms with Crippen LogP contribution in [0.1, 0.15) is 77.3 Å². The van der Waals surface area contributed by atoms with Gasteiger partial charge in [0.05, 0.1) is 11.1 Å². The number of hydrogen-bond acceptors (Lipinski definition) is 3. The monoisotopic (exact) mass is 414 g/mol. The SMILES string of the molecule is COC(C)(C)C1(NC=O)CC(C(=O)N2CCC(c3ccc(C(C)(C)C)cc3)CC2)C1. The first-order valence-electron chi connectivity index (χ1n) is 11.2. The molecule has 1 aromatic rings. The predicted octanol–water partition coefficient (Wildman–Crippen LogP) is 4.01. The van der Waals surface area contributed by atoms with Gasteiger partial charge in [-0.1, -0.05) is 45.0 Å². The van der Waals surface area contributed by atoms with E-state index < -0.39 is 11.1 Å². The predicted molar refractivity (Wildman–Crippen MR) is 119 cm³/mol. The number of benzene rings is 1. The Morgan fingerprint density at radius 3 is 2.13 bits per heavy atom. The van der Waals surface area contributed by atoms with Crippen molar-refractivity contribution in [2.75, 3.05) is 20.2 Å². The van der Waals surface area contributed by atoms with Crippen LogP contribution in [0.5, 0.6) is 0 Å². The van der Waals surface area contributed by atoms with Gasteiger partial charge in [0.15, 0.2) is 0 Å². The highest BCUT2D eigenvalue weighted by Gasteiger charge is 2.57. The molecule has 1 N–H and O–H groups in total. The Labute approximate surface area is 181 Å². The molecule has 1 aromatic carbocycles. The van der Waals surface area contributed by atoms with E-state index in [9.17, 15) is 9.59 Å². The van der Waals surface area contributed by atoms with Gasteiger partial charge in [-0.3, -0.25) is 9.59 Å². The number of carbonyl (C=O) groups is 2. The van der Waals surface area contributed by atoms with Crippen molar-refractivity contribution < 1.29 is 14.3 Å². The lowest BCUT2D eigenvalue weighted by atomic mass is 9.60. The molecule has 1 saturated carbocycles. The topological polar surface area (TPSA) is 58.6 Å². The molecular weight excluding hydrogens is 376 g/mol. The second-order valence-corrected chi connectivity index (χ2v) is 10.6. The van der Waals surface area contributed by atoms with Crippen molar-refractivity contribution in [3.8, 4) is 0 Å². The van der Waals surface area contributed by atoms with E-state index in [4.69, 9.17) is 4.74 Å². The largest absolute Gasteiger partial charge is 0.376 e. The molecule has 0 atom stereocenters. The quantitative estimate of drug-likeness (QED) is 0.716. The standard InChI is InChI=1S/C25H38N2O3/c1-23(2,3)21-9-7-18(8-10-21)19-11-13-27(14-12-19)22(29)20-15-25(16-20,26-17-28)24(4,5)30-6/h7-10,17,19-20H,11-16H2,1-6H3,(H,26,28). The highest BCUT2D eigenvalue weighted by molar-refractivity contribution is 5.80. The third kappa shape index (κ3) is 4.27. The molecule has 1 aliphatic carbocycles. The van der Waals surface area contributed by atoms with Crippen LogP contribution in [0, 0.1) is 5.92 Å². The molecule has 0 spiro atoms. The van der Waals surface area contributed by atoms with Gasteiger partial charge in [0.2, 0.25) is 12.3 Å². The molecule has 0 bridgehead atoms. The molecule has 30 heavy (non-hydrogen) atoms. The number of carbonyl (C=O) groups excluding carboxylic acids is 2. The zero-order valence-electron chi connectivity index (χ0n) is 19.5. The first-order valence-corrected chi connectivity index (χ1v) is 11.2. The highest BCUT2D eigenvalue weighted by Crippen LogP contribution is 2.47. The maximum Gasteiger partial charge on any atom is 0.225 e. The minimum Gasteiger partial charge on any atom is -0.376 e. The molecule has 2 fully saturated rings. The van der Waals surface area contributed by atoms with Gasteiger partial charge < -0.3 is 15.0 Å². The summed E-state index contributed by atoms with van der Waals surface area (Å²) in [6.45, 7) is 12.3. The number of nitrogens with one attached hydrogen (secondary N) is 1. The number of likely N-dealkylation sites (tertiary alicyclic amines) is 1. The summed E-state index contributed by atoms with van der Waals surface area (Å²) in [7, 11) is 1.65. The van der Waals surface area contributed by atoms with Crippen LogP contribution < -0.4 is 5.32 Å². The molecule has 0 radical (unpaired) electrons. The molecule has 1 heterocycles. The third-order valence-corrected chi connectivity index (χ3v) is 7.59. The lowest BCUT2D eigenvalue weighted by Crippen LogP contribution is -2.69. The Bertz CT molecular complexity index is 750. The second kappa shape index (κ2) is 8.33. The van der Waals surface area contributed by atoms with Crippen LogP contribution in [0.2, 0.25) is 0 Å². The minimum absolute atomic E-state index is 0.0329. The average Bonchev–Trinajstić information content (AvgIpc) is 2.69. The van der Waals surface area contributed by atoms with Gasteiger partial charge in [0.1, 0.15) is 0 Å². The number of piperidine rings is 1. The number of methoxy groups -OCH3 is 1. The van der Waals surface area contributed by atoms with Crippen molar-refractivity contribution in [1.82, 2.24) is 10.2 Å². The maximum absolute atomic E-state index is 13.1. The number of ether oxygens (including phenoxy) is 1. The first kappa shape index (κ1) is 22.8. The maximum atomic E-state index is 13.1. The first-order chi connectivity index (χ1) is 14.0. The molecule has 2 amide bonds. The van der Waals surface area contributed by atoms with E-state index in [0.29, 0.717) is 18.8 Å². The molecule has 0 aromatic heterocycles. The molecule has 5 heteroatoms.